The number of benzene rings is 1. The number of nitro groups is 1. The van der Waals surface area contributed by atoms with Crippen molar-refractivity contribution in [3.05, 3.63) is 58.3 Å². The van der Waals surface area contributed by atoms with Gasteiger partial charge in [-0.05, 0) is 34.5 Å². The zero-order valence-electron chi connectivity index (χ0n) is 11.1. The summed E-state index contributed by atoms with van der Waals surface area (Å²) >= 11 is 0. The molecule has 1 unspecified atom stereocenters. The number of esters is 1. The zero-order chi connectivity index (χ0) is 15.4. The molecule has 0 aliphatic heterocycles. The first-order valence-electron chi connectivity index (χ1n) is 6.13. The van der Waals surface area contributed by atoms with Crippen LogP contribution >= 0.6 is 0 Å². The number of ether oxygens (including phenoxy) is 1. The molecular formula is C13H12FN3O4. The molecule has 0 saturated heterocycles. The molecule has 0 spiro atoms. The molecule has 0 saturated carbocycles. The molecule has 0 radical (unpaired) electrons. The van der Waals surface area contributed by atoms with Gasteiger partial charge in [0.15, 0.2) is 6.04 Å². The van der Waals surface area contributed by atoms with Crippen LogP contribution in [0.1, 0.15) is 18.5 Å². The van der Waals surface area contributed by atoms with E-state index < -0.39 is 22.8 Å². The minimum atomic E-state index is -0.952. The standard InChI is InChI=1S/C13H12FN3O4/c1-2-21-13(18)12(9-3-5-10(14)6-4-9)16-7-11(15-8-16)17(19)20/h3-8,12H,2H2,1H3. The van der Waals surface area contributed by atoms with E-state index in [1.165, 1.54) is 35.2 Å². The van der Waals surface area contributed by atoms with Crippen molar-refractivity contribution in [3.63, 3.8) is 0 Å². The number of nitrogens with zero attached hydrogens (tertiary/aromatic N) is 3. The van der Waals surface area contributed by atoms with Crippen molar-refractivity contribution >= 4 is 11.8 Å². The number of aromatic nitrogens is 2. The highest BCUT2D eigenvalue weighted by Crippen LogP contribution is 2.22. The summed E-state index contributed by atoms with van der Waals surface area (Å²) in [6, 6.07) is 4.29. The molecule has 2 rings (SSSR count). The van der Waals surface area contributed by atoms with Crippen molar-refractivity contribution in [3.8, 4) is 0 Å². The number of hydrogen-bond acceptors (Lipinski definition) is 5. The van der Waals surface area contributed by atoms with Gasteiger partial charge >= 0.3 is 11.8 Å². The molecule has 0 bridgehead atoms. The summed E-state index contributed by atoms with van der Waals surface area (Å²) in [5.74, 6) is -1.43. The molecule has 0 amide bonds. The lowest BCUT2D eigenvalue weighted by atomic mass is 10.1. The van der Waals surface area contributed by atoms with Crippen LogP contribution in [0.5, 0.6) is 0 Å². The minimum absolute atomic E-state index is 0.160. The Morgan fingerprint density at radius 2 is 2.14 bits per heavy atom. The third-order valence-corrected chi connectivity index (χ3v) is 2.77. The second kappa shape index (κ2) is 6.12. The molecule has 110 valence electrons. The highest BCUT2D eigenvalue weighted by Gasteiger charge is 2.26. The minimum Gasteiger partial charge on any atom is -0.464 e. The van der Waals surface area contributed by atoms with Crippen molar-refractivity contribution in [2.24, 2.45) is 0 Å². The van der Waals surface area contributed by atoms with Crippen molar-refractivity contribution < 1.29 is 18.8 Å². The van der Waals surface area contributed by atoms with Crippen LogP contribution in [-0.4, -0.2) is 27.1 Å². The Morgan fingerprint density at radius 1 is 1.48 bits per heavy atom. The maximum absolute atomic E-state index is 13.0. The first-order chi connectivity index (χ1) is 10.0. The van der Waals surface area contributed by atoms with Gasteiger partial charge in [-0.15, -0.1) is 0 Å². The van der Waals surface area contributed by atoms with Crippen LogP contribution in [0.15, 0.2) is 36.8 Å². The monoisotopic (exact) mass is 293 g/mol. The van der Waals surface area contributed by atoms with Crippen LogP contribution in [0.2, 0.25) is 0 Å². The molecule has 0 aliphatic rings. The van der Waals surface area contributed by atoms with Crippen molar-refractivity contribution in [2.75, 3.05) is 6.61 Å². The van der Waals surface area contributed by atoms with Gasteiger partial charge in [0.25, 0.3) is 0 Å². The van der Waals surface area contributed by atoms with E-state index in [0.29, 0.717) is 5.56 Å². The Morgan fingerprint density at radius 3 is 2.67 bits per heavy atom. The average molecular weight is 293 g/mol. The number of carbonyl (C=O) groups is 1. The van der Waals surface area contributed by atoms with Crippen LogP contribution in [0.3, 0.4) is 0 Å². The molecule has 8 heteroatoms. The van der Waals surface area contributed by atoms with Crippen LogP contribution in [0, 0.1) is 15.9 Å². The fraction of sp³-hybridized carbons (Fsp3) is 0.231. The third-order valence-electron chi connectivity index (χ3n) is 2.77. The lowest BCUT2D eigenvalue weighted by Gasteiger charge is -2.16. The maximum atomic E-state index is 13.0. The second-order valence-electron chi connectivity index (χ2n) is 4.14. The predicted octanol–water partition coefficient (Wildman–Crippen LogP) is 2.08. The Kier molecular flexibility index (Phi) is 4.27. The van der Waals surface area contributed by atoms with E-state index in [1.807, 2.05) is 0 Å². The van der Waals surface area contributed by atoms with Crippen molar-refractivity contribution in [2.45, 2.75) is 13.0 Å². The smallest absolute Gasteiger partial charge is 0.381 e. The fourth-order valence-electron chi connectivity index (χ4n) is 1.86. The highest BCUT2D eigenvalue weighted by atomic mass is 19.1. The van der Waals surface area contributed by atoms with Crippen LogP contribution in [-0.2, 0) is 9.53 Å². The van der Waals surface area contributed by atoms with Crippen LogP contribution in [0.25, 0.3) is 0 Å². The van der Waals surface area contributed by atoms with E-state index in [2.05, 4.69) is 4.98 Å². The summed E-state index contributed by atoms with van der Waals surface area (Å²) in [7, 11) is 0. The number of halogens is 1. The summed E-state index contributed by atoms with van der Waals surface area (Å²) in [5.41, 5.74) is 0.446. The van der Waals surface area contributed by atoms with Gasteiger partial charge in [0.05, 0.1) is 6.61 Å². The Labute approximate surface area is 119 Å². The van der Waals surface area contributed by atoms with Crippen LogP contribution in [0.4, 0.5) is 10.2 Å². The van der Waals surface area contributed by atoms with E-state index in [4.69, 9.17) is 4.74 Å². The lowest BCUT2D eigenvalue weighted by molar-refractivity contribution is -0.389. The zero-order valence-corrected chi connectivity index (χ0v) is 11.1. The quantitative estimate of drug-likeness (QED) is 0.478. The van der Waals surface area contributed by atoms with Crippen LogP contribution < -0.4 is 0 Å². The van der Waals surface area contributed by atoms with E-state index in [9.17, 15) is 19.3 Å². The Hall–Kier alpha value is -2.77. The van der Waals surface area contributed by atoms with Gasteiger partial charge in [0.1, 0.15) is 12.0 Å². The molecule has 0 fully saturated rings. The highest BCUT2D eigenvalue weighted by molar-refractivity contribution is 5.78. The molecule has 1 aromatic carbocycles. The topological polar surface area (TPSA) is 87.3 Å². The average Bonchev–Trinajstić information content (AvgIpc) is 2.91. The molecular weight excluding hydrogens is 281 g/mol. The normalized spacial score (nSPS) is 11.9. The Balaban J connectivity index is 2.42. The number of imidazole rings is 1. The lowest BCUT2D eigenvalue weighted by Crippen LogP contribution is -2.22. The first-order valence-corrected chi connectivity index (χ1v) is 6.13. The molecule has 21 heavy (non-hydrogen) atoms. The maximum Gasteiger partial charge on any atom is 0.381 e. The fourth-order valence-corrected chi connectivity index (χ4v) is 1.86. The molecule has 1 aromatic heterocycles. The summed E-state index contributed by atoms with van der Waals surface area (Å²) in [4.78, 5) is 25.7. The predicted molar refractivity (Wildman–Crippen MR) is 70.1 cm³/mol. The van der Waals surface area contributed by atoms with Gasteiger partial charge in [-0.1, -0.05) is 12.1 Å². The Bertz CT molecular complexity index is 654. The van der Waals surface area contributed by atoms with Crippen molar-refractivity contribution in [1.29, 1.82) is 0 Å². The van der Waals surface area contributed by atoms with Gasteiger partial charge in [-0.2, -0.15) is 0 Å². The molecule has 1 atom stereocenters. The van der Waals surface area contributed by atoms with Gasteiger partial charge in [-0.3, -0.25) is 4.57 Å². The molecule has 7 nitrogen and oxygen atoms in total. The van der Waals surface area contributed by atoms with Crippen molar-refractivity contribution in [1.82, 2.24) is 9.55 Å². The SMILES string of the molecule is CCOC(=O)C(c1ccc(F)cc1)n1cnc([N+](=O)[O-])c1. The summed E-state index contributed by atoms with van der Waals surface area (Å²) < 4.78 is 19.2. The number of hydrogen-bond donors (Lipinski definition) is 0. The summed E-state index contributed by atoms with van der Waals surface area (Å²) in [5, 5.41) is 10.7. The van der Waals surface area contributed by atoms with E-state index in [-0.39, 0.29) is 12.4 Å². The number of rotatable bonds is 5. The third kappa shape index (κ3) is 3.22. The molecule has 0 N–H and O–H groups in total. The molecule has 1 heterocycles. The summed E-state index contributed by atoms with van der Waals surface area (Å²) in [6.07, 6.45) is 2.30. The molecule has 2 aromatic rings. The van der Waals surface area contributed by atoms with Gasteiger partial charge in [0, 0.05) is 0 Å². The molecule has 0 aliphatic carbocycles. The number of carbonyl (C=O) groups excluding carboxylic acids is 1. The summed E-state index contributed by atoms with van der Waals surface area (Å²) in [6.45, 7) is 1.81. The first kappa shape index (κ1) is 14.6. The second-order valence-corrected chi connectivity index (χ2v) is 4.14. The largest absolute Gasteiger partial charge is 0.464 e. The van der Waals surface area contributed by atoms with Gasteiger partial charge in [0.2, 0.25) is 6.33 Å². The van der Waals surface area contributed by atoms with Gasteiger partial charge in [-0.25, -0.2) is 9.18 Å². The van der Waals surface area contributed by atoms with Gasteiger partial charge < -0.3 is 14.9 Å². The van der Waals surface area contributed by atoms with E-state index in [0.717, 1.165) is 6.20 Å². The van der Waals surface area contributed by atoms with E-state index in [1.54, 1.807) is 6.92 Å². The van der Waals surface area contributed by atoms with E-state index >= 15 is 0 Å².